The van der Waals surface area contributed by atoms with Crippen LogP contribution < -0.4 is 10.6 Å². The number of nitro groups is 1. The Kier molecular flexibility index (Phi) is 6.00. The largest absolute Gasteiger partial charge is 0.356 e. The highest BCUT2D eigenvalue weighted by Crippen LogP contribution is 2.20. The molecule has 1 aromatic carbocycles. The number of guanidine groups is 1. The van der Waals surface area contributed by atoms with E-state index in [0.717, 1.165) is 31.0 Å². The molecule has 2 N–H and O–H groups in total. The van der Waals surface area contributed by atoms with Gasteiger partial charge in [-0.3, -0.25) is 15.1 Å². The van der Waals surface area contributed by atoms with Crippen LogP contribution in [-0.2, 0) is 6.54 Å². The van der Waals surface area contributed by atoms with Crippen molar-refractivity contribution >= 4 is 35.6 Å². The van der Waals surface area contributed by atoms with Crippen LogP contribution in [0, 0.1) is 17.0 Å². The number of rotatable bonds is 3. The van der Waals surface area contributed by atoms with Gasteiger partial charge in [-0.05, 0) is 18.9 Å². The summed E-state index contributed by atoms with van der Waals surface area (Å²) in [6.45, 7) is 4.05. The van der Waals surface area contributed by atoms with Crippen molar-refractivity contribution in [2.75, 3.05) is 13.1 Å². The van der Waals surface area contributed by atoms with E-state index in [1.54, 1.807) is 13.0 Å². The predicted octanol–water partition coefficient (Wildman–Crippen LogP) is 1.96. The van der Waals surface area contributed by atoms with Gasteiger partial charge in [0.15, 0.2) is 5.96 Å². The fourth-order valence-corrected chi connectivity index (χ4v) is 1.89. The molecule has 1 aliphatic heterocycles. The second-order valence-electron chi connectivity index (χ2n) is 4.18. The summed E-state index contributed by atoms with van der Waals surface area (Å²) >= 11 is 0. The van der Waals surface area contributed by atoms with Crippen LogP contribution in [0.4, 0.5) is 5.69 Å². The first kappa shape index (κ1) is 15.7. The minimum atomic E-state index is -0.352. The molecule has 1 heterocycles. The lowest BCUT2D eigenvalue weighted by Gasteiger charge is -2.16. The lowest BCUT2D eigenvalue weighted by Crippen LogP contribution is -2.40. The van der Waals surface area contributed by atoms with Crippen LogP contribution in [0.1, 0.15) is 17.5 Å². The molecule has 1 aromatic rings. The van der Waals surface area contributed by atoms with Gasteiger partial charge >= 0.3 is 0 Å². The van der Waals surface area contributed by atoms with Crippen LogP contribution in [0.25, 0.3) is 0 Å². The fourth-order valence-electron chi connectivity index (χ4n) is 1.89. The van der Waals surface area contributed by atoms with Crippen LogP contribution in [0.3, 0.4) is 0 Å². The van der Waals surface area contributed by atoms with E-state index < -0.39 is 0 Å². The summed E-state index contributed by atoms with van der Waals surface area (Å²) < 4.78 is 0. The van der Waals surface area contributed by atoms with Crippen molar-refractivity contribution in [1.82, 2.24) is 10.6 Å². The molecule has 0 amide bonds. The normalized spacial score (nSPS) is 13.8. The maximum Gasteiger partial charge on any atom is 0.272 e. The smallest absolute Gasteiger partial charge is 0.272 e. The van der Waals surface area contributed by atoms with Gasteiger partial charge < -0.3 is 10.6 Å². The molecule has 0 spiro atoms. The minimum Gasteiger partial charge on any atom is -0.356 e. The van der Waals surface area contributed by atoms with E-state index >= 15 is 0 Å². The Morgan fingerprint density at radius 1 is 1.53 bits per heavy atom. The van der Waals surface area contributed by atoms with Gasteiger partial charge in [-0.15, -0.1) is 24.0 Å². The molecule has 19 heavy (non-hydrogen) atoms. The van der Waals surface area contributed by atoms with Gasteiger partial charge in [-0.2, -0.15) is 0 Å². The molecule has 0 radical (unpaired) electrons. The molecule has 2 rings (SSSR count). The number of hydrogen-bond acceptors (Lipinski definition) is 5. The summed E-state index contributed by atoms with van der Waals surface area (Å²) in [6.07, 6.45) is 1.04. The zero-order valence-electron chi connectivity index (χ0n) is 10.7. The molecule has 0 saturated heterocycles. The maximum absolute atomic E-state index is 10.8. The number of benzene rings is 1. The molecule has 104 valence electrons. The van der Waals surface area contributed by atoms with E-state index in [1.807, 2.05) is 6.07 Å². The molecular formula is C12H17IN4O2. The van der Waals surface area contributed by atoms with Gasteiger partial charge in [0, 0.05) is 31.3 Å². The SMILES string of the molecule is Cc1c(CNC2=NCCCN2)cccc1[N+](=O)[O-].I. The molecule has 1 aliphatic rings. The summed E-state index contributed by atoms with van der Waals surface area (Å²) in [5.41, 5.74) is 1.78. The van der Waals surface area contributed by atoms with Gasteiger partial charge in [0.05, 0.1) is 4.92 Å². The second kappa shape index (κ2) is 7.27. The predicted molar refractivity (Wildman–Crippen MR) is 85.0 cm³/mol. The van der Waals surface area contributed by atoms with E-state index in [1.165, 1.54) is 6.07 Å². The summed E-state index contributed by atoms with van der Waals surface area (Å²) in [5, 5.41) is 17.1. The third-order valence-electron chi connectivity index (χ3n) is 2.96. The summed E-state index contributed by atoms with van der Waals surface area (Å²) in [6, 6.07) is 5.12. The molecule has 6 nitrogen and oxygen atoms in total. The zero-order valence-corrected chi connectivity index (χ0v) is 13.0. The first-order valence-electron chi connectivity index (χ1n) is 5.93. The van der Waals surface area contributed by atoms with Crippen LogP contribution in [0.15, 0.2) is 23.2 Å². The molecule has 0 aromatic heterocycles. The quantitative estimate of drug-likeness (QED) is 0.480. The topological polar surface area (TPSA) is 79.6 Å². The Balaban J connectivity index is 0.00000180. The van der Waals surface area contributed by atoms with E-state index in [9.17, 15) is 10.1 Å². The second-order valence-corrected chi connectivity index (χ2v) is 4.18. The van der Waals surface area contributed by atoms with Crippen molar-refractivity contribution in [3.05, 3.63) is 39.4 Å². The monoisotopic (exact) mass is 376 g/mol. The number of hydrogen-bond donors (Lipinski definition) is 2. The van der Waals surface area contributed by atoms with Gasteiger partial charge in [0.25, 0.3) is 5.69 Å². The Hall–Kier alpha value is -1.38. The third-order valence-corrected chi connectivity index (χ3v) is 2.96. The molecular weight excluding hydrogens is 359 g/mol. The van der Waals surface area contributed by atoms with Crippen molar-refractivity contribution in [1.29, 1.82) is 0 Å². The van der Waals surface area contributed by atoms with Gasteiger partial charge in [0.1, 0.15) is 0 Å². The molecule has 0 fully saturated rings. The minimum absolute atomic E-state index is 0. The summed E-state index contributed by atoms with van der Waals surface area (Å²) in [5.74, 6) is 0.771. The Morgan fingerprint density at radius 3 is 2.95 bits per heavy atom. The Morgan fingerprint density at radius 2 is 2.32 bits per heavy atom. The summed E-state index contributed by atoms with van der Waals surface area (Å²) in [7, 11) is 0. The van der Waals surface area contributed by atoms with Crippen molar-refractivity contribution < 1.29 is 4.92 Å². The van der Waals surface area contributed by atoms with Crippen LogP contribution in [0.2, 0.25) is 0 Å². The highest BCUT2D eigenvalue weighted by Gasteiger charge is 2.13. The first-order valence-corrected chi connectivity index (χ1v) is 5.93. The Bertz CT molecular complexity index is 491. The average molecular weight is 376 g/mol. The molecule has 0 atom stereocenters. The highest BCUT2D eigenvalue weighted by molar-refractivity contribution is 14.0. The van der Waals surface area contributed by atoms with Crippen molar-refractivity contribution in [3.8, 4) is 0 Å². The fraction of sp³-hybridized carbons (Fsp3) is 0.417. The first-order chi connectivity index (χ1) is 8.68. The number of nitro benzene ring substituents is 1. The van der Waals surface area contributed by atoms with Crippen molar-refractivity contribution in [2.24, 2.45) is 4.99 Å². The van der Waals surface area contributed by atoms with Crippen LogP contribution in [-0.4, -0.2) is 24.0 Å². The van der Waals surface area contributed by atoms with E-state index in [4.69, 9.17) is 0 Å². The van der Waals surface area contributed by atoms with Crippen molar-refractivity contribution in [3.63, 3.8) is 0 Å². The molecule has 0 unspecified atom stereocenters. The Labute approximate surface area is 128 Å². The lowest BCUT2D eigenvalue weighted by atomic mass is 10.1. The van der Waals surface area contributed by atoms with E-state index in [2.05, 4.69) is 15.6 Å². The third kappa shape index (κ3) is 4.05. The van der Waals surface area contributed by atoms with Gasteiger partial charge in [0.2, 0.25) is 0 Å². The number of halogens is 1. The maximum atomic E-state index is 10.8. The van der Waals surface area contributed by atoms with Crippen LogP contribution >= 0.6 is 24.0 Å². The highest BCUT2D eigenvalue weighted by atomic mass is 127. The molecule has 0 saturated carbocycles. The van der Waals surface area contributed by atoms with E-state index in [0.29, 0.717) is 12.1 Å². The molecule has 7 heteroatoms. The molecule has 0 aliphatic carbocycles. The number of aliphatic imine (C=N–C) groups is 1. The van der Waals surface area contributed by atoms with E-state index in [-0.39, 0.29) is 34.6 Å². The number of nitrogens with one attached hydrogen (secondary N) is 2. The lowest BCUT2D eigenvalue weighted by molar-refractivity contribution is -0.385. The average Bonchev–Trinajstić information content (AvgIpc) is 2.38. The van der Waals surface area contributed by atoms with Crippen molar-refractivity contribution in [2.45, 2.75) is 19.9 Å². The number of nitrogens with zero attached hydrogens (tertiary/aromatic N) is 2. The van der Waals surface area contributed by atoms with Gasteiger partial charge in [-0.1, -0.05) is 12.1 Å². The van der Waals surface area contributed by atoms with Crippen LogP contribution in [0.5, 0.6) is 0 Å². The van der Waals surface area contributed by atoms with Gasteiger partial charge in [-0.25, -0.2) is 0 Å². The zero-order chi connectivity index (χ0) is 13.0. The molecule has 0 bridgehead atoms. The standard InChI is InChI=1S/C12H16N4O2.HI/c1-9-10(4-2-5-11(9)16(17)18)8-15-12-13-6-3-7-14-12;/h2,4-5H,3,6-8H2,1H3,(H2,13,14,15);1H. The summed E-state index contributed by atoms with van der Waals surface area (Å²) in [4.78, 5) is 14.8.